The summed E-state index contributed by atoms with van der Waals surface area (Å²) in [7, 11) is -3.53. The first-order chi connectivity index (χ1) is 17.6. The number of nitrogens with one attached hydrogen (secondary N) is 1. The second-order valence-electron chi connectivity index (χ2n) is 10.1. The average molecular weight is 528 g/mol. The van der Waals surface area contributed by atoms with Crippen LogP contribution in [-0.2, 0) is 26.2 Å². The van der Waals surface area contributed by atoms with Gasteiger partial charge in [-0.15, -0.1) is 0 Å². The SMILES string of the molecule is CCC(C(=O)NC1CCCC1)N(Cc1ccccc1)C(=O)CCCN(c1cccc(C)c1C)S(C)(=O)=O. The highest BCUT2D eigenvalue weighted by molar-refractivity contribution is 7.92. The summed E-state index contributed by atoms with van der Waals surface area (Å²) in [5, 5.41) is 3.16. The number of sulfonamides is 1. The zero-order valence-corrected chi connectivity index (χ0v) is 23.4. The number of carbonyl (C=O) groups excluding carboxylic acids is 2. The molecular weight excluding hydrogens is 486 g/mol. The van der Waals surface area contributed by atoms with E-state index in [0.717, 1.165) is 42.4 Å². The largest absolute Gasteiger partial charge is 0.352 e. The van der Waals surface area contributed by atoms with Gasteiger partial charge in [0.2, 0.25) is 21.8 Å². The Kier molecular flexibility index (Phi) is 10.1. The van der Waals surface area contributed by atoms with Crippen LogP contribution in [0.3, 0.4) is 0 Å². The van der Waals surface area contributed by atoms with Crippen molar-refractivity contribution in [2.75, 3.05) is 17.1 Å². The van der Waals surface area contributed by atoms with Gasteiger partial charge >= 0.3 is 0 Å². The number of hydrogen-bond donors (Lipinski definition) is 1. The fraction of sp³-hybridized carbons (Fsp3) is 0.517. The lowest BCUT2D eigenvalue weighted by Crippen LogP contribution is -2.51. The van der Waals surface area contributed by atoms with E-state index in [1.54, 1.807) is 11.0 Å². The van der Waals surface area contributed by atoms with Gasteiger partial charge in [0.25, 0.3) is 0 Å². The van der Waals surface area contributed by atoms with Gasteiger partial charge < -0.3 is 10.2 Å². The maximum Gasteiger partial charge on any atom is 0.243 e. The first-order valence-electron chi connectivity index (χ1n) is 13.3. The number of nitrogens with zero attached hydrogens (tertiary/aromatic N) is 2. The molecule has 7 nitrogen and oxygen atoms in total. The number of anilines is 1. The maximum atomic E-state index is 13.6. The molecule has 2 aromatic rings. The van der Waals surface area contributed by atoms with E-state index < -0.39 is 16.1 Å². The number of aryl methyl sites for hydroxylation is 1. The molecule has 0 radical (unpaired) electrons. The summed E-state index contributed by atoms with van der Waals surface area (Å²) >= 11 is 0. The predicted octanol–water partition coefficient (Wildman–Crippen LogP) is 4.72. The molecule has 0 spiro atoms. The molecule has 1 aliphatic carbocycles. The molecule has 0 aromatic heterocycles. The lowest BCUT2D eigenvalue weighted by atomic mass is 10.1. The smallest absolute Gasteiger partial charge is 0.243 e. The minimum atomic E-state index is -3.53. The van der Waals surface area contributed by atoms with E-state index >= 15 is 0 Å². The summed E-state index contributed by atoms with van der Waals surface area (Å²) in [4.78, 5) is 28.5. The minimum absolute atomic E-state index is 0.105. The van der Waals surface area contributed by atoms with E-state index in [2.05, 4.69) is 5.32 Å². The Morgan fingerprint density at radius 1 is 1.03 bits per heavy atom. The Morgan fingerprint density at radius 2 is 1.70 bits per heavy atom. The van der Waals surface area contributed by atoms with Crippen molar-refractivity contribution in [2.24, 2.45) is 0 Å². The Morgan fingerprint density at radius 3 is 2.32 bits per heavy atom. The first-order valence-corrected chi connectivity index (χ1v) is 15.1. The van der Waals surface area contributed by atoms with Crippen LogP contribution in [0.2, 0.25) is 0 Å². The van der Waals surface area contributed by atoms with Gasteiger partial charge in [-0.25, -0.2) is 8.42 Å². The molecule has 202 valence electrons. The van der Waals surface area contributed by atoms with Crippen molar-refractivity contribution in [3.63, 3.8) is 0 Å². The summed E-state index contributed by atoms with van der Waals surface area (Å²) in [6.07, 6.45) is 6.40. The normalized spacial score (nSPS) is 14.8. The second-order valence-corrected chi connectivity index (χ2v) is 12.0. The summed E-state index contributed by atoms with van der Waals surface area (Å²) in [5.41, 5.74) is 3.50. The number of hydrogen-bond acceptors (Lipinski definition) is 4. The van der Waals surface area contributed by atoms with Crippen LogP contribution >= 0.6 is 0 Å². The third-order valence-electron chi connectivity index (χ3n) is 7.28. The number of carbonyl (C=O) groups is 2. The van der Waals surface area contributed by atoms with Gasteiger partial charge in [-0.2, -0.15) is 0 Å². The van der Waals surface area contributed by atoms with Crippen molar-refractivity contribution in [3.8, 4) is 0 Å². The van der Waals surface area contributed by atoms with Crippen molar-refractivity contribution < 1.29 is 18.0 Å². The highest BCUT2D eigenvalue weighted by Gasteiger charge is 2.30. The zero-order valence-electron chi connectivity index (χ0n) is 22.6. The van der Waals surface area contributed by atoms with Crippen molar-refractivity contribution in [1.29, 1.82) is 0 Å². The van der Waals surface area contributed by atoms with E-state index in [9.17, 15) is 18.0 Å². The van der Waals surface area contributed by atoms with Gasteiger partial charge in [0.1, 0.15) is 6.04 Å². The van der Waals surface area contributed by atoms with Crippen molar-refractivity contribution in [3.05, 3.63) is 65.2 Å². The number of benzene rings is 2. The third kappa shape index (κ3) is 7.81. The summed E-state index contributed by atoms with van der Waals surface area (Å²) < 4.78 is 26.6. The van der Waals surface area contributed by atoms with E-state index in [-0.39, 0.29) is 30.8 Å². The van der Waals surface area contributed by atoms with Crippen LogP contribution in [0.5, 0.6) is 0 Å². The number of amides is 2. The highest BCUT2D eigenvalue weighted by atomic mass is 32.2. The van der Waals surface area contributed by atoms with Crippen LogP contribution in [0, 0.1) is 13.8 Å². The van der Waals surface area contributed by atoms with Gasteiger partial charge in [0.15, 0.2) is 0 Å². The molecule has 2 aromatic carbocycles. The Hall–Kier alpha value is -2.87. The standard InChI is InChI=1S/C29H41N3O4S/c1-5-26(29(34)30-25-16-9-10-17-25)31(21-24-14-7-6-8-15-24)28(33)19-12-20-32(37(4,35)36)27-18-11-13-22(2)23(27)3/h6-8,11,13-15,18,25-26H,5,9-10,12,16-17,19-21H2,1-4H3,(H,30,34). The van der Waals surface area contributed by atoms with Crippen LogP contribution in [0.15, 0.2) is 48.5 Å². The van der Waals surface area contributed by atoms with E-state index in [0.29, 0.717) is 25.1 Å². The molecule has 8 heteroatoms. The van der Waals surface area contributed by atoms with Crippen LogP contribution < -0.4 is 9.62 Å². The molecule has 1 atom stereocenters. The molecule has 2 amide bonds. The molecule has 1 N–H and O–H groups in total. The minimum Gasteiger partial charge on any atom is -0.352 e. The van der Waals surface area contributed by atoms with Crippen LogP contribution in [0.4, 0.5) is 5.69 Å². The van der Waals surface area contributed by atoms with Crippen molar-refractivity contribution in [1.82, 2.24) is 10.2 Å². The van der Waals surface area contributed by atoms with E-state index in [1.165, 1.54) is 10.6 Å². The monoisotopic (exact) mass is 527 g/mol. The predicted molar refractivity (Wildman–Crippen MR) is 149 cm³/mol. The van der Waals surface area contributed by atoms with Gasteiger partial charge in [-0.1, -0.05) is 62.2 Å². The zero-order chi connectivity index (χ0) is 27.0. The molecule has 0 heterocycles. The van der Waals surface area contributed by atoms with Crippen LogP contribution in [0.1, 0.15) is 68.6 Å². The molecule has 1 saturated carbocycles. The molecule has 1 fully saturated rings. The molecule has 0 bridgehead atoms. The molecule has 3 rings (SSSR count). The summed E-state index contributed by atoms with van der Waals surface area (Å²) in [6, 6.07) is 14.9. The third-order valence-corrected chi connectivity index (χ3v) is 8.46. The van der Waals surface area contributed by atoms with Crippen LogP contribution in [0.25, 0.3) is 0 Å². The molecule has 0 saturated heterocycles. The van der Waals surface area contributed by atoms with Gasteiger partial charge in [-0.3, -0.25) is 13.9 Å². The van der Waals surface area contributed by atoms with E-state index in [4.69, 9.17) is 0 Å². The Bertz CT molecular complexity index is 1160. The fourth-order valence-corrected chi connectivity index (χ4v) is 6.07. The van der Waals surface area contributed by atoms with E-state index in [1.807, 2.05) is 63.2 Å². The Balaban J connectivity index is 1.75. The highest BCUT2D eigenvalue weighted by Crippen LogP contribution is 2.26. The summed E-state index contributed by atoms with van der Waals surface area (Å²) in [6.45, 7) is 6.31. The molecule has 1 aliphatic rings. The quantitative estimate of drug-likeness (QED) is 0.433. The van der Waals surface area contributed by atoms with Crippen molar-refractivity contribution in [2.45, 2.75) is 84.3 Å². The number of rotatable bonds is 12. The molecule has 0 aliphatic heterocycles. The van der Waals surface area contributed by atoms with Gasteiger partial charge in [0, 0.05) is 25.6 Å². The lowest BCUT2D eigenvalue weighted by molar-refractivity contribution is -0.141. The van der Waals surface area contributed by atoms with Gasteiger partial charge in [0.05, 0.1) is 11.9 Å². The lowest BCUT2D eigenvalue weighted by Gasteiger charge is -2.32. The van der Waals surface area contributed by atoms with Gasteiger partial charge in [-0.05, 0) is 62.3 Å². The fourth-order valence-electron chi connectivity index (χ4n) is 5.06. The molecule has 37 heavy (non-hydrogen) atoms. The maximum absolute atomic E-state index is 13.6. The van der Waals surface area contributed by atoms with Crippen molar-refractivity contribution >= 4 is 27.5 Å². The summed E-state index contributed by atoms with van der Waals surface area (Å²) in [5.74, 6) is -0.251. The Labute approximate surface area is 222 Å². The second kappa shape index (κ2) is 13.1. The molecule has 1 unspecified atom stereocenters. The average Bonchev–Trinajstić information content (AvgIpc) is 3.36. The van der Waals surface area contributed by atoms with Crippen LogP contribution in [-0.4, -0.2) is 50.0 Å². The topological polar surface area (TPSA) is 86.8 Å². The molecular formula is C29H41N3O4S. The first kappa shape index (κ1) is 28.7.